The van der Waals surface area contributed by atoms with Crippen molar-refractivity contribution in [3.63, 3.8) is 0 Å². The smallest absolute Gasteiger partial charge is 0.226 e. The molecule has 4 aromatic rings. The minimum absolute atomic E-state index is 0.0341. The second-order valence-electron chi connectivity index (χ2n) is 9.65. The minimum Gasteiger partial charge on any atom is -0.359 e. The zero-order valence-electron chi connectivity index (χ0n) is 21.1. The second kappa shape index (κ2) is 11.4. The number of carbonyl (C=O) groups excluding carboxylic acids is 1. The Balaban J connectivity index is 1.54. The van der Waals surface area contributed by atoms with Crippen molar-refractivity contribution in [3.8, 4) is 0 Å². The van der Waals surface area contributed by atoms with Crippen LogP contribution in [0, 0.1) is 5.92 Å². The highest BCUT2D eigenvalue weighted by atomic mass is 16.5. The van der Waals surface area contributed by atoms with Gasteiger partial charge in [0, 0.05) is 12.5 Å². The van der Waals surface area contributed by atoms with E-state index in [2.05, 4.69) is 91.5 Å². The Labute approximate surface area is 220 Å². The van der Waals surface area contributed by atoms with Gasteiger partial charge in [-0.25, -0.2) is 0 Å². The number of hydrogen-bond acceptors (Lipinski definition) is 2. The molecule has 1 fully saturated rings. The molecule has 3 nitrogen and oxygen atoms in total. The van der Waals surface area contributed by atoms with Crippen LogP contribution in [0.3, 0.4) is 0 Å². The number of nitrogens with zero attached hydrogens (tertiary/aromatic N) is 1. The van der Waals surface area contributed by atoms with E-state index in [9.17, 15) is 4.79 Å². The molecule has 186 valence electrons. The summed E-state index contributed by atoms with van der Waals surface area (Å²) in [4.78, 5) is 15.5. The summed E-state index contributed by atoms with van der Waals surface area (Å²) in [5.74, 6) is 0.122. The summed E-state index contributed by atoms with van der Waals surface area (Å²) in [6, 6.07) is 41.4. The lowest BCUT2D eigenvalue weighted by Gasteiger charge is -2.38. The first-order valence-electron chi connectivity index (χ1n) is 13.0. The van der Waals surface area contributed by atoms with E-state index in [0.29, 0.717) is 19.6 Å². The first-order valence-corrected chi connectivity index (χ1v) is 13.0. The maximum Gasteiger partial charge on any atom is 0.226 e. The van der Waals surface area contributed by atoms with Crippen LogP contribution in [-0.2, 0) is 21.7 Å². The fraction of sp³-hybridized carbons (Fsp3) is 0.206. The molecule has 0 N–H and O–H groups in total. The molecule has 0 aromatic heterocycles. The fourth-order valence-electron chi connectivity index (χ4n) is 5.50. The zero-order valence-corrected chi connectivity index (χ0v) is 21.1. The Bertz CT molecular complexity index is 1190. The van der Waals surface area contributed by atoms with Crippen molar-refractivity contribution in [1.82, 2.24) is 4.90 Å². The first-order chi connectivity index (χ1) is 18.2. The van der Waals surface area contributed by atoms with Gasteiger partial charge in [0.15, 0.2) is 0 Å². The van der Waals surface area contributed by atoms with Crippen molar-refractivity contribution in [2.75, 3.05) is 6.61 Å². The molecule has 1 amide bonds. The lowest BCUT2D eigenvalue weighted by Crippen LogP contribution is -2.40. The van der Waals surface area contributed by atoms with Crippen molar-refractivity contribution in [3.05, 3.63) is 156 Å². The van der Waals surface area contributed by atoms with Crippen molar-refractivity contribution < 1.29 is 9.53 Å². The van der Waals surface area contributed by atoms with Crippen molar-refractivity contribution >= 4 is 5.91 Å². The van der Waals surface area contributed by atoms with E-state index in [-0.39, 0.29) is 17.9 Å². The SMILES string of the molecule is C=CC[C@@H]1C[C@@H](COC(c2ccccc2)(c2ccccc2)c2ccccc2)N(Cc2ccccc2)C1=O. The number of ether oxygens (including phenoxy) is 1. The average Bonchev–Trinajstić information content (AvgIpc) is 3.25. The van der Waals surface area contributed by atoms with E-state index in [4.69, 9.17) is 4.74 Å². The fourth-order valence-corrected chi connectivity index (χ4v) is 5.50. The van der Waals surface area contributed by atoms with E-state index < -0.39 is 5.60 Å². The van der Waals surface area contributed by atoms with Crippen LogP contribution in [-0.4, -0.2) is 23.5 Å². The molecule has 0 bridgehead atoms. The molecule has 4 aromatic carbocycles. The topological polar surface area (TPSA) is 29.5 Å². The molecule has 1 heterocycles. The van der Waals surface area contributed by atoms with Gasteiger partial charge in [-0.3, -0.25) is 4.79 Å². The van der Waals surface area contributed by atoms with Crippen LogP contribution >= 0.6 is 0 Å². The predicted molar refractivity (Wildman–Crippen MR) is 149 cm³/mol. The molecule has 0 aliphatic carbocycles. The van der Waals surface area contributed by atoms with Crippen molar-refractivity contribution in [2.24, 2.45) is 5.92 Å². The van der Waals surface area contributed by atoms with Crippen LogP contribution in [0.5, 0.6) is 0 Å². The van der Waals surface area contributed by atoms with E-state index >= 15 is 0 Å². The number of rotatable bonds is 10. The summed E-state index contributed by atoms with van der Waals surface area (Å²) >= 11 is 0. The molecule has 0 radical (unpaired) electrons. The van der Waals surface area contributed by atoms with Gasteiger partial charge in [-0.2, -0.15) is 0 Å². The Morgan fingerprint density at radius 1 is 0.757 bits per heavy atom. The van der Waals surface area contributed by atoms with Crippen LogP contribution in [0.15, 0.2) is 134 Å². The van der Waals surface area contributed by atoms with Crippen LogP contribution in [0.25, 0.3) is 0 Å². The predicted octanol–water partition coefficient (Wildman–Crippen LogP) is 6.99. The lowest BCUT2D eigenvalue weighted by atomic mass is 9.80. The third kappa shape index (κ3) is 5.14. The van der Waals surface area contributed by atoms with Crippen LogP contribution in [0.1, 0.15) is 35.1 Å². The molecule has 0 saturated carbocycles. The van der Waals surface area contributed by atoms with E-state index in [1.54, 1.807) is 0 Å². The van der Waals surface area contributed by atoms with Crippen molar-refractivity contribution in [1.29, 1.82) is 0 Å². The summed E-state index contributed by atoms with van der Waals surface area (Å²) in [5, 5.41) is 0. The second-order valence-corrected chi connectivity index (χ2v) is 9.65. The van der Waals surface area contributed by atoms with Gasteiger partial charge in [0.1, 0.15) is 5.60 Å². The number of carbonyl (C=O) groups is 1. The third-order valence-corrected chi connectivity index (χ3v) is 7.31. The molecule has 0 spiro atoms. The van der Waals surface area contributed by atoms with Gasteiger partial charge >= 0.3 is 0 Å². The first kappa shape index (κ1) is 24.7. The summed E-state index contributed by atoms with van der Waals surface area (Å²) in [6.45, 7) is 4.90. The lowest BCUT2D eigenvalue weighted by molar-refractivity contribution is -0.133. The molecule has 3 heteroatoms. The van der Waals surface area contributed by atoms with E-state index in [1.165, 1.54) is 0 Å². The summed E-state index contributed by atoms with van der Waals surface area (Å²) in [6.07, 6.45) is 3.29. The molecule has 1 saturated heterocycles. The highest BCUT2D eigenvalue weighted by molar-refractivity contribution is 5.81. The summed E-state index contributed by atoms with van der Waals surface area (Å²) in [5.41, 5.74) is 3.51. The molecular weight excluding hydrogens is 454 g/mol. The number of amides is 1. The van der Waals surface area contributed by atoms with Gasteiger partial charge in [0.05, 0.1) is 12.6 Å². The summed E-state index contributed by atoms with van der Waals surface area (Å²) < 4.78 is 7.09. The number of benzene rings is 4. The monoisotopic (exact) mass is 487 g/mol. The molecule has 5 rings (SSSR count). The summed E-state index contributed by atoms with van der Waals surface area (Å²) in [7, 11) is 0. The van der Waals surface area contributed by atoms with Gasteiger partial charge in [-0.05, 0) is 35.1 Å². The van der Waals surface area contributed by atoms with Gasteiger partial charge in [-0.15, -0.1) is 6.58 Å². The van der Waals surface area contributed by atoms with E-state index in [0.717, 1.165) is 28.7 Å². The Morgan fingerprint density at radius 3 is 1.68 bits per heavy atom. The van der Waals surface area contributed by atoms with Gasteiger partial charge in [0.2, 0.25) is 5.91 Å². The quantitative estimate of drug-likeness (QED) is 0.178. The van der Waals surface area contributed by atoms with Crippen LogP contribution in [0.2, 0.25) is 0 Å². The molecule has 1 aliphatic heterocycles. The Hall–Kier alpha value is -3.95. The standard InChI is InChI=1S/C34H33NO2/c1-2-15-28-24-32(35(33(28)36)25-27-16-7-3-8-17-27)26-37-34(29-18-9-4-10-19-29,30-20-11-5-12-21-30)31-22-13-6-14-23-31/h2-14,16-23,28,32H,1,15,24-26H2/t28-,32+/m1/s1. The molecular formula is C34H33NO2. The minimum atomic E-state index is -0.804. The largest absolute Gasteiger partial charge is 0.359 e. The number of hydrogen-bond donors (Lipinski definition) is 0. The van der Waals surface area contributed by atoms with Crippen LogP contribution in [0.4, 0.5) is 0 Å². The molecule has 1 aliphatic rings. The maximum absolute atomic E-state index is 13.5. The highest BCUT2D eigenvalue weighted by Gasteiger charge is 2.43. The molecule has 0 unspecified atom stereocenters. The Morgan fingerprint density at radius 2 is 1.22 bits per heavy atom. The van der Waals surface area contributed by atoms with Crippen molar-refractivity contribution in [2.45, 2.75) is 31.0 Å². The molecule has 2 atom stereocenters. The van der Waals surface area contributed by atoms with E-state index in [1.807, 2.05) is 47.4 Å². The van der Waals surface area contributed by atoms with Gasteiger partial charge in [0.25, 0.3) is 0 Å². The number of likely N-dealkylation sites (tertiary alicyclic amines) is 1. The maximum atomic E-state index is 13.5. The highest BCUT2D eigenvalue weighted by Crippen LogP contribution is 2.41. The number of allylic oxidation sites excluding steroid dienone is 1. The normalized spacial score (nSPS) is 17.6. The zero-order chi connectivity index (χ0) is 25.5. The third-order valence-electron chi connectivity index (χ3n) is 7.31. The van der Waals surface area contributed by atoms with Crippen LogP contribution < -0.4 is 0 Å². The van der Waals surface area contributed by atoms with Gasteiger partial charge < -0.3 is 9.64 Å². The molecule has 37 heavy (non-hydrogen) atoms. The average molecular weight is 488 g/mol. The van der Waals surface area contributed by atoms with Gasteiger partial charge in [-0.1, -0.05) is 127 Å². The Kier molecular flexibility index (Phi) is 7.62.